The zero-order valence-corrected chi connectivity index (χ0v) is 14.4. The van der Waals surface area contributed by atoms with Crippen molar-refractivity contribution in [1.82, 2.24) is 14.8 Å². The highest BCUT2D eigenvalue weighted by Crippen LogP contribution is 2.28. The van der Waals surface area contributed by atoms with Gasteiger partial charge in [-0.1, -0.05) is 11.6 Å². The Kier molecular flexibility index (Phi) is 4.10. The van der Waals surface area contributed by atoms with Crippen LogP contribution in [0.3, 0.4) is 0 Å². The summed E-state index contributed by atoms with van der Waals surface area (Å²) < 4.78 is 1.25. The third-order valence-corrected chi connectivity index (χ3v) is 5.46. The highest BCUT2D eigenvalue weighted by Gasteiger charge is 2.22. The molecule has 1 fully saturated rings. The van der Waals surface area contributed by atoms with Crippen LogP contribution < -0.4 is 15.4 Å². The molecule has 3 rings (SSSR count). The van der Waals surface area contributed by atoms with Gasteiger partial charge in [0.05, 0.1) is 17.6 Å². The van der Waals surface area contributed by atoms with Crippen molar-refractivity contribution in [2.24, 2.45) is 7.05 Å². The summed E-state index contributed by atoms with van der Waals surface area (Å²) in [5.41, 5.74) is 1.56. The van der Waals surface area contributed by atoms with Gasteiger partial charge in [-0.05, 0) is 13.8 Å². The summed E-state index contributed by atoms with van der Waals surface area (Å²) in [4.78, 5) is 22.1. The van der Waals surface area contributed by atoms with Crippen LogP contribution in [0.2, 0.25) is 5.02 Å². The van der Waals surface area contributed by atoms with Crippen molar-refractivity contribution < 1.29 is 0 Å². The number of hydrogen-bond donors (Lipinski definition) is 0. The van der Waals surface area contributed by atoms with E-state index in [9.17, 15) is 4.79 Å². The van der Waals surface area contributed by atoms with E-state index in [1.165, 1.54) is 9.56 Å². The Bertz CT molecular complexity index is 729. The summed E-state index contributed by atoms with van der Waals surface area (Å²) >= 11 is 7.90. The van der Waals surface area contributed by atoms with E-state index < -0.39 is 0 Å². The number of thiazole rings is 1. The predicted molar refractivity (Wildman–Crippen MR) is 90.5 cm³/mol. The number of aromatic nitrogens is 3. The average molecular weight is 340 g/mol. The Labute approximate surface area is 137 Å². The molecule has 0 amide bonds. The molecule has 3 heterocycles. The van der Waals surface area contributed by atoms with Gasteiger partial charge in [-0.25, -0.2) is 9.67 Å². The van der Waals surface area contributed by atoms with Crippen molar-refractivity contribution in [3.8, 4) is 0 Å². The molecule has 0 spiro atoms. The number of aryl methyl sites for hydroxylation is 3. The van der Waals surface area contributed by atoms with Crippen molar-refractivity contribution in [3.05, 3.63) is 32.1 Å². The van der Waals surface area contributed by atoms with E-state index in [-0.39, 0.29) is 10.6 Å². The fraction of sp³-hybridized carbons (Fsp3) is 0.500. The number of hydrogen-bond acceptors (Lipinski definition) is 6. The van der Waals surface area contributed by atoms with E-state index in [1.807, 2.05) is 6.92 Å². The number of halogens is 1. The quantitative estimate of drug-likeness (QED) is 0.835. The molecule has 1 aliphatic heterocycles. The summed E-state index contributed by atoms with van der Waals surface area (Å²) in [7, 11) is 1.60. The molecule has 0 bridgehead atoms. The summed E-state index contributed by atoms with van der Waals surface area (Å²) in [6.07, 6.45) is 1.66. The molecule has 0 saturated carbocycles. The van der Waals surface area contributed by atoms with Gasteiger partial charge >= 0.3 is 0 Å². The van der Waals surface area contributed by atoms with Crippen LogP contribution in [0.5, 0.6) is 0 Å². The molecule has 8 heteroatoms. The topological polar surface area (TPSA) is 54.3 Å². The van der Waals surface area contributed by atoms with Crippen molar-refractivity contribution in [2.45, 2.75) is 13.8 Å². The van der Waals surface area contributed by atoms with E-state index in [0.29, 0.717) is 0 Å². The average Bonchev–Trinajstić information content (AvgIpc) is 2.85. The van der Waals surface area contributed by atoms with Gasteiger partial charge in [-0.3, -0.25) is 4.79 Å². The Morgan fingerprint density at radius 2 is 1.82 bits per heavy atom. The summed E-state index contributed by atoms with van der Waals surface area (Å²) in [6.45, 7) is 7.45. The van der Waals surface area contributed by atoms with Crippen molar-refractivity contribution in [2.75, 3.05) is 36.0 Å². The van der Waals surface area contributed by atoms with Crippen LogP contribution in [0.1, 0.15) is 10.6 Å². The van der Waals surface area contributed by atoms with Gasteiger partial charge in [0.25, 0.3) is 5.56 Å². The molecule has 0 aromatic carbocycles. The number of rotatable bonds is 2. The predicted octanol–water partition coefficient (Wildman–Crippen LogP) is 1.83. The van der Waals surface area contributed by atoms with E-state index in [1.54, 1.807) is 24.6 Å². The lowest BCUT2D eigenvalue weighted by Gasteiger charge is -2.36. The van der Waals surface area contributed by atoms with Gasteiger partial charge in [-0.15, -0.1) is 11.3 Å². The third kappa shape index (κ3) is 2.70. The fourth-order valence-electron chi connectivity index (χ4n) is 2.45. The fourth-order valence-corrected chi connectivity index (χ4v) is 3.70. The normalized spacial score (nSPS) is 15.5. The lowest BCUT2D eigenvalue weighted by molar-refractivity contribution is 0.642. The summed E-state index contributed by atoms with van der Waals surface area (Å²) in [5, 5.41) is 5.38. The Balaban J connectivity index is 1.74. The maximum atomic E-state index is 11.9. The maximum Gasteiger partial charge on any atom is 0.287 e. The van der Waals surface area contributed by atoms with Crippen LogP contribution in [0.4, 0.5) is 10.8 Å². The molecule has 0 radical (unpaired) electrons. The second kappa shape index (κ2) is 5.89. The molecular weight excluding hydrogens is 322 g/mol. The van der Waals surface area contributed by atoms with Gasteiger partial charge in [0.15, 0.2) is 5.13 Å². The molecule has 1 saturated heterocycles. The largest absolute Gasteiger partial charge is 0.365 e. The van der Waals surface area contributed by atoms with Crippen LogP contribution in [0.15, 0.2) is 11.0 Å². The van der Waals surface area contributed by atoms with Gasteiger partial charge in [0.2, 0.25) is 0 Å². The second-order valence-corrected chi connectivity index (χ2v) is 6.94. The molecule has 0 unspecified atom stereocenters. The number of piperazine rings is 1. The zero-order chi connectivity index (χ0) is 15.9. The molecule has 1 aliphatic rings. The molecule has 2 aromatic rings. The Morgan fingerprint density at radius 1 is 1.18 bits per heavy atom. The van der Waals surface area contributed by atoms with E-state index >= 15 is 0 Å². The minimum absolute atomic E-state index is 0.242. The minimum atomic E-state index is -0.257. The van der Waals surface area contributed by atoms with Crippen molar-refractivity contribution >= 4 is 33.8 Å². The van der Waals surface area contributed by atoms with E-state index in [2.05, 4.69) is 26.8 Å². The Morgan fingerprint density at radius 3 is 2.41 bits per heavy atom. The van der Waals surface area contributed by atoms with Crippen molar-refractivity contribution in [3.63, 3.8) is 0 Å². The maximum absolute atomic E-state index is 11.9. The number of anilines is 2. The molecule has 0 aliphatic carbocycles. The van der Waals surface area contributed by atoms with Gasteiger partial charge in [0.1, 0.15) is 5.02 Å². The number of nitrogens with zero attached hydrogens (tertiary/aromatic N) is 5. The minimum Gasteiger partial charge on any atom is -0.365 e. The molecule has 6 nitrogen and oxygen atoms in total. The summed E-state index contributed by atoms with van der Waals surface area (Å²) in [5.74, 6) is 0. The lowest BCUT2D eigenvalue weighted by atomic mass is 10.3. The smallest absolute Gasteiger partial charge is 0.287 e. The first-order valence-electron chi connectivity index (χ1n) is 7.13. The van der Waals surface area contributed by atoms with Gasteiger partial charge in [-0.2, -0.15) is 5.10 Å². The first-order chi connectivity index (χ1) is 10.5. The van der Waals surface area contributed by atoms with Crippen LogP contribution in [0, 0.1) is 13.8 Å². The lowest BCUT2D eigenvalue weighted by Crippen LogP contribution is -2.47. The zero-order valence-electron chi connectivity index (χ0n) is 12.8. The highest BCUT2D eigenvalue weighted by atomic mass is 35.5. The molecule has 22 heavy (non-hydrogen) atoms. The molecule has 0 N–H and O–H groups in total. The Hall–Kier alpha value is -1.60. The highest BCUT2D eigenvalue weighted by molar-refractivity contribution is 7.15. The molecule has 118 valence electrons. The molecule has 2 aromatic heterocycles. The van der Waals surface area contributed by atoms with Gasteiger partial charge < -0.3 is 9.80 Å². The van der Waals surface area contributed by atoms with E-state index in [4.69, 9.17) is 11.6 Å². The first kappa shape index (κ1) is 15.3. The summed E-state index contributed by atoms with van der Waals surface area (Å²) in [6, 6.07) is 0. The standard InChI is InChI=1S/C14H18ClN5OS/c1-9-10(2)22-14(17-9)20-6-4-19(5-7-20)11-8-16-18(3)13(21)12(11)15/h8H,4-7H2,1-3H3. The molecular formula is C14H18ClN5OS. The third-order valence-electron chi connectivity index (χ3n) is 3.97. The first-order valence-corrected chi connectivity index (χ1v) is 8.32. The van der Waals surface area contributed by atoms with Crippen LogP contribution in [-0.4, -0.2) is 40.9 Å². The van der Waals surface area contributed by atoms with E-state index in [0.717, 1.165) is 42.7 Å². The van der Waals surface area contributed by atoms with Crippen molar-refractivity contribution in [1.29, 1.82) is 0 Å². The van der Waals surface area contributed by atoms with Crippen LogP contribution in [0.25, 0.3) is 0 Å². The van der Waals surface area contributed by atoms with Crippen LogP contribution in [-0.2, 0) is 7.05 Å². The molecule has 0 atom stereocenters. The SMILES string of the molecule is Cc1nc(N2CCN(c3cnn(C)c(=O)c3Cl)CC2)sc1C. The second-order valence-electron chi connectivity index (χ2n) is 5.38. The monoisotopic (exact) mass is 339 g/mol. The van der Waals surface area contributed by atoms with Crippen LogP contribution >= 0.6 is 22.9 Å². The van der Waals surface area contributed by atoms with Gasteiger partial charge in [0, 0.05) is 38.1 Å².